The van der Waals surface area contributed by atoms with E-state index in [4.69, 9.17) is 0 Å². The fraction of sp³-hybridized carbons (Fsp3) is 0.500. The summed E-state index contributed by atoms with van der Waals surface area (Å²) in [5.41, 5.74) is 2.07. The van der Waals surface area contributed by atoms with Crippen LogP contribution in [-0.4, -0.2) is 26.1 Å². The average Bonchev–Trinajstić information content (AvgIpc) is 2.74. The number of nitrogens with one attached hydrogen (secondary N) is 1. The first kappa shape index (κ1) is 13.5. The van der Waals surface area contributed by atoms with Crippen LogP contribution in [0.4, 0.5) is 5.95 Å². The molecule has 2 rings (SSSR count). The van der Waals surface area contributed by atoms with Gasteiger partial charge >= 0.3 is 0 Å². The number of hydrogen-bond donors (Lipinski definition) is 1. The van der Waals surface area contributed by atoms with Crippen molar-refractivity contribution < 1.29 is 0 Å². The van der Waals surface area contributed by atoms with Gasteiger partial charge in [0, 0.05) is 43.8 Å². The third-order valence-electron chi connectivity index (χ3n) is 3.02. The fourth-order valence-corrected chi connectivity index (χ4v) is 1.89. The van der Waals surface area contributed by atoms with Crippen LogP contribution in [0.3, 0.4) is 0 Å². The van der Waals surface area contributed by atoms with Crippen molar-refractivity contribution in [1.29, 1.82) is 0 Å². The Morgan fingerprint density at radius 3 is 2.74 bits per heavy atom. The van der Waals surface area contributed by atoms with Crippen LogP contribution in [0.1, 0.15) is 37.0 Å². The highest BCUT2D eigenvalue weighted by Gasteiger charge is 2.06. The van der Waals surface area contributed by atoms with Gasteiger partial charge < -0.3 is 9.88 Å². The maximum atomic E-state index is 4.52. The lowest BCUT2D eigenvalue weighted by molar-refractivity contribution is 0.779. The van der Waals surface area contributed by atoms with Gasteiger partial charge in [0.25, 0.3) is 0 Å². The van der Waals surface area contributed by atoms with Crippen molar-refractivity contribution in [2.75, 3.05) is 11.9 Å². The van der Waals surface area contributed by atoms with E-state index in [1.807, 2.05) is 37.0 Å². The number of imidazole rings is 1. The highest BCUT2D eigenvalue weighted by molar-refractivity contribution is 5.29. The molecule has 5 heteroatoms. The summed E-state index contributed by atoms with van der Waals surface area (Å²) >= 11 is 0. The highest BCUT2D eigenvalue weighted by Crippen LogP contribution is 2.14. The molecule has 0 unspecified atom stereocenters. The molecule has 0 saturated heterocycles. The maximum absolute atomic E-state index is 4.52. The standard InChI is InChI=1S/C14H21N5/c1-10(2)12-9-11(3)17-14(18-12)16-6-5-13-15-7-8-19(13)4/h7-10H,5-6H2,1-4H3,(H,16,17,18). The lowest BCUT2D eigenvalue weighted by Crippen LogP contribution is -2.12. The Morgan fingerprint density at radius 1 is 1.32 bits per heavy atom. The van der Waals surface area contributed by atoms with Crippen molar-refractivity contribution in [3.63, 3.8) is 0 Å². The predicted octanol–water partition coefficient (Wildman–Crippen LogP) is 2.30. The molecule has 0 spiro atoms. The minimum Gasteiger partial charge on any atom is -0.354 e. The van der Waals surface area contributed by atoms with Crippen molar-refractivity contribution in [3.8, 4) is 0 Å². The number of nitrogens with zero attached hydrogens (tertiary/aromatic N) is 4. The summed E-state index contributed by atoms with van der Waals surface area (Å²) < 4.78 is 2.03. The summed E-state index contributed by atoms with van der Waals surface area (Å²) in [5, 5.41) is 3.27. The van der Waals surface area contributed by atoms with E-state index in [-0.39, 0.29) is 0 Å². The molecular weight excluding hydrogens is 238 g/mol. The Bertz CT molecular complexity index is 545. The van der Waals surface area contributed by atoms with E-state index in [9.17, 15) is 0 Å². The van der Waals surface area contributed by atoms with E-state index in [0.717, 1.165) is 30.2 Å². The average molecular weight is 259 g/mol. The fourth-order valence-electron chi connectivity index (χ4n) is 1.89. The molecule has 0 saturated carbocycles. The van der Waals surface area contributed by atoms with E-state index >= 15 is 0 Å². The van der Waals surface area contributed by atoms with Crippen LogP contribution < -0.4 is 5.32 Å². The molecule has 0 aliphatic heterocycles. The lowest BCUT2D eigenvalue weighted by atomic mass is 10.1. The molecule has 1 N–H and O–H groups in total. The van der Waals surface area contributed by atoms with Gasteiger partial charge in [-0.25, -0.2) is 15.0 Å². The number of rotatable bonds is 5. The molecule has 2 heterocycles. The largest absolute Gasteiger partial charge is 0.354 e. The van der Waals surface area contributed by atoms with Gasteiger partial charge in [-0.2, -0.15) is 0 Å². The van der Waals surface area contributed by atoms with Gasteiger partial charge in [0.2, 0.25) is 5.95 Å². The predicted molar refractivity (Wildman–Crippen MR) is 76.3 cm³/mol. The molecule has 0 bridgehead atoms. The second-order valence-corrected chi connectivity index (χ2v) is 5.04. The van der Waals surface area contributed by atoms with Gasteiger partial charge in [0.1, 0.15) is 5.82 Å². The van der Waals surface area contributed by atoms with E-state index in [1.54, 1.807) is 0 Å². The maximum Gasteiger partial charge on any atom is 0.223 e. The minimum absolute atomic E-state index is 0.414. The topological polar surface area (TPSA) is 55.6 Å². The number of anilines is 1. The Balaban J connectivity index is 1.98. The molecule has 0 aliphatic rings. The van der Waals surface area contributed by atoms with Crippen molar-refractivity contribution in [1.82, 2.24) is 19.5 Å². The molecule has 0 fully saturated rings. The Kier molecular flexibility index (Phi) is 4.14. The smallest absolute Gasteiger partial charge is 0.223 e. The Hall–Kier alpha value is -1.91. The quantitative estimate of drug-likeness (QED) is 0.895. The first-order valence-corrected chi connectivity index (χ1v) is 6.62. The first-order chi connectivity index (χ1) is 9.06. The second kappa shape index (κ2) is 5.82. The SMILES string of the molecule is Cc1cc(C(C)C)nc(NCCc2nccn2C)n1. The van der Waals surface area contributed by atoms with Gasteiger partial charge in [0.05, 0.1) is 0 Å². The van der Waals surface area contributed by atoms with Crippen LogP contribution in [0.15, 0.2) is 18.5 Å². The van der Waals surface area contributed by atoms with Crippen LogP contribution in [0.25, 0.3) is 0 Å². The molecule has 102 valence electrons. The molecule has 0 radical (unpaired) electrons. The molecule has 0 aliphatic carbocycles. The molecular formula is C14H21N5. The summed E-state index contributed by atoms with van der Waals surface area (Å²) in [6, 6.07) is 2.04. The van der Waals surface area contributed by atoms with Gasteiger partial charge in [-0.3, -0.25) is 0 Å². The molecule has 19 heavy (non-hydrogen) atoms. The van der Waals surface area contributed by atoms with Crippen LogP contribution in [0.5, 0.6) is 0 Å². The summed E-state index contributed by atoms with van der Waals surface area (Å²) in [6.07, 6.45) is 4.63. The summed E-state index contributed by atoms with van der Waals surface area (Å²) in [6.45, 7) is 7.06. The Labute approximate surface area is 114 Å². The monoisotopic (exact) mass is 259 g/mol. The van der Waals surface area contributed by atoms with Crippen LogP contribution in [0.2, 0.25) is 0 Å². The minimum atomic E-state index is 0.414. The van der Waals surface area contributed by atoms with Crippen molar-refractivity contribution in [3.05, 3.63) is 35.7 Å². The van der Waals surface area contributed by atoms with Crippen molar-refractivity contribution in [2.24, 2.45) is 7.05 Å². The summed E-state index contributed by atoms with van der Waals surface area (Å²) in [7, 11) is 2.00. The summed E-state index contributed by atoms with van der Waals surface area (Å²) in [4.78, 5) is 13.2. The van der Waals surface area contributed by atoms with E-state index in [1.165, 1.54) is 0 Å². The second-order valence-electron chi connectivity index (χ2n) is 5.04. The zero-order chi connectivity index (χ0) is 13.8. The van der Waals surface area contributed by atoms with E-state index in [0.29, 0.717) is 11.9 Å². The molecule has 0 amide bonds. The van der Waals surface area contributed by atoms with E-state index in [2.05, 4.69) is 34.1 Å². The normalized spacial score (nSPS) is 11.0. The van der Waals surface area contributed by atoms with Crippen LogP contribution >= 0.6 is 0 Å². The van der Waals surface area contributed by atoms with Crippen LogP contribution in [-0.2, 0) is 13.5 Å². The Morgan fingerprint density at radius 2 is 2.11 bits per heavy atom. The highest BCUT2D eigenvalue weighted by atomic mass is 15.1. The van der Waals surface area contributed by atoms with Crippen molar-refractivity contribution in [2.45, 2.75) is 33.1 Å². The zero-order valence-corrected chi connectivity index (χ0v) is 12.0. The van der Waals surface area contributed by atoms with Gasteiger partial charge in [0.15, 0.2) is 0 Å². The van der Waals surface area contributed by atoms with E-state index < -0.39 is 0 Å². The third-order valence-corrected chi connectivity index (χ3v) is 3.02. The number of aryl methyl sites for hydroxylation is 2. The molecule has 2 aromatic rings. The molecule has 2 aromatic heterocycles. The lowest BCUT2D eigenvalue weighted by Gasteiger charge is -2.10. The molecule has 0 atom stereocenters. The number of aromatic nitrogens is 4. The van der Waals surface area contributed by atoms with Crippen molar-refractivity contribution >= 4 is 5.95 Å². The third kappa shape index (κ3) is 3.53. The van der Waals surface area contributed by atoms with Crippen LogP contribution in [0, 0.1) is 6.92 Å². The zero-order valence-electron chi connectivity index (χ0n) is 12.0. The van der Waals surface area contributed by atoms with Gasteiger partial charge in [-0.1, -0.05) is 13.8 Å². The number of hydrogen-bond acceptors (Lipinski definition) is 4. The van der Waals surface area contributed by atoms with Gasteiger partial charge in [-0.05, 0) is 18.9 Å². The molecule has 0 aromatic carbocycles. The van der Waals surface area contributed by atoms with Gasteiger partial charge in [-0.15, -0.1) is 0 Å². The molecule has 5 nitrogen and oxygen atoms in total. The summed E-state index contributed by atoms with van der Waals surface area (Å²) in [5.74, 6) is 2.18. The first-order valence-electron chi connectivity index (χ1n) is 6.62.